The van der Waals surface area contributed by atoms with Crippen LogP contribution in [0.2, 0.25) is 0 Å². The second-order valence-electron chi connectivity index (χ2n) is 4.04. The van der Waals surface area contributed by atoms with Gasteiger partial charge in [0.25, 0.3) is 0 Å². The maximum absolute atomic E-state index is 5.90. The van der Waals surface area contributed by atoms with Crippen LogP contribution in [0.4, 0.5) is 0 Å². The Kier molecular flexibility index (Phi) is 3.44. The molecule has 1 heterocycles. The van der Waals surface area contributed by atoms with E-state index in [9.17, 15) is 0 Å². The zero-order valence-corrected chi connectivity index (χ0v) is 9.62. The Morgan fingerprint density at radius 3 is 2.67 bits per heavy atom. The highest BCUT2D eigenvalue weighted by atomic mass is 16.9. The predicted octanol–water partition coefficient (Wildman–Crippen LogP) is 2.61. The van der Waals surface area contributed by atoms with E-state index in [4.69, 9.17) is 14.2 Å². The molecule has 0 N–H and O–H groups in total. The van der Waals surface area contributed by atoms with E-state index in [2.05, 4.69) is 0 Å². The van der Waals surface area contributed by atoms with Crippen molar-refractivity contribution in [2.24, 2.45) is 0 Å². The first kappa shape index (κ1) is 11.1. The minimum atomic E-state index is -0.881. The summed E-state index contributed by atoms with van der Waals surface area (Å²) in [5.41, 5.74) is 1.36. The van der Waals surface area contributed by atoms with Gasteiger partial charge in [-0.05, 0) is 38.7 Å². The van der Waals surface area contributed by atoms with Gasteiger partial charge in [-0.25, -0.2) is 0 Å². The summed E-state index contributed by atoms with van der Waals surface area (Å²) < 4.78 is 17.1. The van der Waals surface area contributed by atoms with Crippen LogP contribution in [0.25, 0.3) is 0 Å². The number of hydrogen-bond donors (Lipinski definition) is 0. The van der Waals surface area contributed by atoms with Crippen molar-refractivity contribution in [3.8, 4) is 0 Å². The summed E-state index contributed by atoms with van der Waals surface area (Å²) >= 11 is 0. The lowest BCUT2D eigenvalue weighted by Gasteiger charge is -2.28. The first-order chi connectivity index (χ1) is 7.29. The van der Waals surface area contributed by atoms with E-state index >= 15 is 0 Å². The van der Waals surface area contributed by atoms with Gasteiger partial charge in [0.05, 0.1) is 6.10 Å². The first-order valence-corrected chi connectivity index (χ1v) is 5.97. The lowest BCUT2D eigenvalue weighted by molar-refractivity contribution is -0.348. The second kappa shape index (κ2) is 4.64. The number of rotatable bonds is 4. The summed E-state index contributed by atoms with van der Waals surface area (Å²) in [6, 6.07) is 0. The summed E-state index contributed by atoms with van der Waals surface area (Å²) in [6.45, 7) is 5.14. The van der Waals surface area contributed by atoms with Gasteiger partial charge in [0.2, 0.25) is 0 Å². The molecular formula is C12H20O3. The van der Waals surface area contributed by atoms with Crippen LogP contribution in [-0.2, 0) is 14.2 Å². The van der Waals surface area contributed by atoms with Gasteiger partial charge >= 0.3 is 5.97 Å². The van der Waals surface area contributed by atoms with Crippen LogP contribution < -0.4 is 0 Å². The Bertz CT molecular complexity index is 241. The van der Waals surface area contributed by atoms with Crippen LogP contribution in [0.15, 0.2) is 11.6 Å². The van der Waals surface area contributed by atoms with E-state index in [-0.39, 0.29) is 6.10 Å². The van der Waals surface area contributed by atoms with Crippen LogP contribution in [0.5, 0.6) is 0 Å². The lowest BCUT2D eigenvalue weighted by atomic mass is 9.93. The largest absolute Gasteiger partial charge is 0.324 e. The van der Waals surface area contributed by atoms with E-state index in [1.54, 1.807) is 0 Å². The van der Waals surface area contributed by atoms with Gasteiger partial charge < -0.3 is 14.2 Å². The van der Waals surface area contributed by atoms with Gasteiger partial charge in [-0.3, -0.25) is 0 Å². The fourth-order valence-electron chi connectivity index (χ4n) is 2.36. The molecular weight excluding hydrogens is 192 g/mol. The lowest BCUT2D eigenvalue weighted by Crippen LogP contribution is -2.36. The Labute approximate surface area is 91.4 Å². The minimum Gasteiger partial charge on any atom is -0.324 e. The topological polar surface area (TPSA) is 27.7 Å². The summed E-state index contributed by atoms with van der Waals surface area (Å²) in [6.07, 6.45) is 7.03. The van der Waals surface area contributed by atoms with E-state index in [1.165, 1.54) is 18.4 Å². The van der Waals surface area contributed by atoms with Gasteiger partial charge in [0.15, 0.2) is 0 Å². The molecule has 1 aliphatic carbocycles. The molecule has 0 aromatic carbocycles. The SMILES string of the molecule is CCOC1(OCC)C=C2CCCC[C@H]2O1. The summed E-state index contributed by atoms with van der Waals surface area (Å²) in [5.74, 6) is -0.881. The predicted molar refractivity (Wildman–Crippen MR) is 57.4 cm³/mol. The van der Waals surface area contributed by atoms with E-state index in [0.29, 0.717) is 13.2 Å². The van der Waals surface area contributed by atoms with Crippen LogP contribution >= 0.6 is 0 Å². The number of ether oxygens (including phenoxy) is 3. The Morgan fingerprint density at radius 1 is 1.33 bits per heavy atom. The number of hydrogen-bond acceptors (Lipinski definition) is 3. The van der Waals surface area contributed by atoms with Crippen molar-refractivity contribution in [1.29, 1.82) is 0 Å². The molecule has 0 saturated heterocycles. The summed E-state index contributed by atoms with van der Waals surface area (Å²) in [7, 11) is 0. The molecule has 1 aliphatic heterocycles. The molecule has 1 atom stereocenters. The van der Waals surface area contributed by atoms with Gasteiger partial charge in [0, 0.05) is 19.3 Å². The molecule has 3 nitrogen and oxygen atoms in total. The zero-order valence-electron chi connectivity index (χ0n) is 9.62. The molecule has 1 saturated carbocycles. The van der Waals surface area contributed by atoms with Crippen LogP contribution in [0.1, 0.15) is 39.5 Å². The molecule has 0 amide bonds. The minimum absolute atomic E-state index is 0.233. The molecule has 0 unspecified atom stereocenters. The normalized spacial score (nSPS) is 28.7. The van der Waals surface area contributed by atoms with E-state index < -0.39 is 5.97 Å². The molecule has 86 valence electrons. The molecule has 0 bridgehead atoms. The van der Waals surface area contributed by atoms with Crippen molar-refractivity contribution in [2.45, 2.75) is 51.6 Å². The molecule has 1 fully saturated rings. The number of fused-ring (bicyclic) bond motifs is 1. The van der Waals surface area contributed by atoms with Crippen molar-refractivity contribution in [3.05, 3.63) is 11.6 Å². The third-order valence-corrected chi connectivity index (χ3v) is 2.96. The Hall–Kier alpha value is -0.380. The van der Waals surface area contributed by atoms with Crippen molar-refractivity contribution >= 4 is 0 Å². The molecule has 2 aliphatic rings. The average molecular weight is 212 g/mol. The van der Waals surface area contributed by atoms with Crippen molar-refractivity contribution in [2.75, 3.05) is 13.2 Å². The highest BCUT2D eigenvalue weighted by Crippen LogP contribution is 2.38. The van der Waals surface area contributed by atoms with Crippen LogP contribution in [-0.4, -0.2) is 25.3 Å². The molecule has 0 aromatic rings. The molecule has 0 spiro atoms. The molecule has 0 aromatic heterocycles. The van der Waals surface area contributed by atoms with Crippen LogP contribution in [0, 0.1) is 0 Å². The standard InChI is InChI=1S/C12H20O3/c1-3-13-12(14-4-2)9-10-7-5-6-8-11(10)15-12/h9,11H,3-8H2,1-2H3/t11-/m1/s1. The van der Waals surface area contributed by atoms with Crippen LogP contribution in [0.3, 0.4) is 0 Å². The van der Waals surface area contributed by atoms with Gasteiger partial charge in [0.1, 0.15) is 0 Å². The van der Waals surface area contributed by atoms with E-state index in [0.717, 1.165) is 12.8 Å². The smallest absolute Gasteiger partial charge is 0.305 e. The monoisotopic (exact) mass is 212 g/mol. The van der Waals surface area contributed by atoms with Crippen molar-refractivity contribution < 1.29 is 14.2 Å². The highest BCUT2D eigenvalue weighted by Gasteiger charge is 2.42. The Morgan fingerprint density at radius 2 is 2.07 bits per heavy atom. The Balaban J connectivity index is 2.10. The fraction of sp³-hybridized carbons (Fsp3) is 0.833. The maximum Gasteiger partial charge on any atom is 0.305 e. The van der Waals surface area contributed by atoms with E-state index in [1.807, 2.05) is 19.9 Å². The fourth-order valence-corrected chi connectivity index (χ4v) is 2.36. The molecule has 0 radical (unpaired) electrons. The summed E-state index contributed by atoms with van der Waals surface area (Å²) in [4.78, 5) is 0. The molecule has 3 heteroatoms. The first-order valence-electron chi connectivity index (χ1n) is 5.97. The summed E-state index contributed by atoms with van der Waals surface area (Å²) in [5, 5.41) is 0. The average Bonchev–Trinajstić information content (AvgIpc) is 2.56. The maximum atomic E-state index is 5.90. The van der Waals surface area contributed by atoms with Gasteiger partial charge in [-0.1, -0.05) is 6.42 Å². The quantitative estimate of drug-likeness (QED) is 0.529. The zero-order chi connectivity index (χ0) is 10.7. The molecule has 2 rings (SSSR count). The third-order valence-electron chi connectivity index (χ3n) is 2.96. The van der Waals surface area contributed by atoms with Gasteiger partial charge in [-0.15, -0.1) is 0 Å². The third kappa shape index (κ3) is 2.25. The van der Waals surface area contributed by atoms with Crippen molar-refractivity contribution in [3.63, 3.8) is 0 Å². The van der Waals surface area contributed by atoms with Gasteiger partial charge in [-0.2, -0.15) is 0 Å². The molecule has 15 heavy (non-hydrogen) atoms. The van der Waals surface area contributed by atoms with Crippen molar-refractivity contribution in [1.82, 2.24) is 0 Å². The highest BCUT2D eigenvalue weighted by molar-refractivity contribution is 5.19. The second-order valence-corrected chi connectivity index (χ2v) is 4.04.